The fraction of sp³-hybridized carbons (Fsp3) is 0.538. The number of aromatic nitrogens is 1. The van der Waals surface area contributed by atoms with Gasteiger partial charge in [0.15, 0.2) is 0 Å². The highest BCUT2D eigenvalue weighted by atomic mass is 35.5. The molecule has 1 fully saturated rings. The van der Waals surface area contributed by atoms with E-state index in [9.17, 15) is 4.79 Å². The van der Waals surface area contributed by atoms with Crippen LogP contribution < -0.4 is 5.32 Å². The summed E-state index contributed by atoms with van der Waals surface area (Å²) >= 11 is 5.95. The van der Waals surface area contributed by atoms with Gasteiger partial charge in [-0.05, 0) is 31.7 Å². The van der Waals surface area contributed by atoms with Crippen molar-refractivity contribution in [3.8, 4) is 0 Å². The molecule has 4 nitrogen and oxygen atoms in total. The van der Waals surface area contributed by atoms with Gasteiger partial charge in [0.05, 0.1) is 10.6 Å². The van der Waals surface area contributed by atoms with E-state index in [1.807, 2.05) is 6.92 Å². The molecule has 1 aromatic rings. The average Bonchev–Trinajstić information content (AvgIpc) is 2.40. The number of nitrogens with one attached hydrogen (secondary N) is 1. The lowest BCUT2D eigenvalue weighted by molar-refractivity contribution is 0.0538. The summed E-state index contributed by atoms with van der Waals surface area (Å²) in [6, 6.07) is 1.76. The Hall–Kier alpha value is -1.13. The van der Waals surface area contributed by atoms with E-state index in [4.69, 9.17) is 16.3 Å². The minimum absolute atomic E-state index is 0.130. The number of pyridine rings is 1. The van der Waals surface area contributed by atoms with Gasteiger partial charge in [-0.2, -0.15) is 0 Å². The van der Waals surface area contributed by atoms with E-state index in [-0.39, 0.29) is 11.9 Å². The summed E-state index contributed by atoms with van der Waals surface area (Å²) in [4.78, 5) is 15.9. The van der Waals surface area contributed by atoms with Crippen molar-refractivity contribution in [2.75, 3.05) is 13.2 Å². The van der Waals surface area contributed by atoms with Crippen molar-refractivity contribution in [2.24, 2.45) is 5.92 Å². The van der Waals surface area contributed by atoms with Gasteiger partial charge >= 0.3 is 0 Å². The highest BCUT2D eigenvalue weighted by molar-refractivity contribution is 6.33. The van der Waals surface area contributed by atoms with Gasteiger partial charge in [0.2, 0.25) is 0 Å². The fourth-order valence-corrected chi connectivity index (χ4v) is 2.38. The topological polar surface area (TPSA) is 51.2 Å². The van der Waals surface area contributed by atoms with Gasteiger partial charge in [0, 0.05) is 31.6 Å². The standard InChI is InChI=1S/C13H17ClN2O2/c1-9(10-3-6-18-7-4-10)16-13(17)11-2-5-15-8-12(11)14/h2,5,8-10H,3-4,6-7H2,1H3,(H,16,17). The maximum Gasteiger partial charge on any atom is 0.253 e. The number of carbonyl (C=O) groups excluding carboxylic acids is 1. The van der Waals surface area contributed by atoms with Crippen LogP contribution in [0.1, 0.15) is 30.1 Å². The SMILES string of the molecule is CC(NC(=O)c1ccncc1Cl)C1CCOCC1. The Balaban J connectivity index is 1.96. The molecule has 0 spiro atoms. The van der Waals surface area contributed by atoms with E-state index in [1.165, 1.54) is 6.20 Å². The second-order valence-corrected chi connectivity index (χ2v) is 4.97. The Morgan fingerprint density at radius 2 is 2.28 bits per heavy atom. The molecule has 1 aliphatic rings. The van der Waals surface area contributed by atoms with Gasteiger partial charge in [-0.25, -0.2) is 0 Å². The smallest absolute Gasteiger partial charge is 0.253 e. The van der Waals surface area contributed by atoms with Crippen LogP contribution in [0, 0.1) is 5.92 Å². The molecule has 1 aliphatic heterocycles. The summed E-state index contributed by atoms with van der Waals surface area (Å²) in [5.74, 6) is 0.338. The fourth-order valence-electron chi connectivity index (χ4n) is 2.18. The van der Waals surface area contributed by atoms with Gasteiger partial charge in [0.1, 0.15) is 0 Å². The first-order valence-corrected chi connectivity index (χ1v) is 6.54. The molecule has 1 aromatic heterocycles. The van der Waals surface area contributed by atoms with Crippen LogP contribution in [-0.4, -0.2) is 30.1 Å². The summed E-state index contributed by atoms with van der Waals surface area (Å²) < 4.78 is 5.32. The summed E-state index contributed by atoms with van der Waals surface area (Å²) in [5.41, 5.74) is 0.477. The molecule has 0 aromatic carbocycles. The zero-order chi connectivity index (χ0) is 13.0. The average molecular weight is 269 g/mol. The summed E-state index contributed by atoms with van der Waals surface area (Å²) in [6.45, 7) is 3.59. The molecule has 18 heavy (non-hydrogen) atoms. The van der Waals surface area contributed by atoms with E-state index >= 15 is 0 Å². The predicted molar refractivity (Wildman–Crippen MR) is 69.7 cm³/mol. The van der Waals surface area contributed by atoms with Crippen LogP contribution in [0.15, 0.2) is 18.5 Å². The Bertz CT molecular complexity index is 419. The van der Waals surface area contributed by atoms with Crippen LogP contribution in [-0.2, 0) is 4.74 Å². The van der Waals surface area contributed by atoms with Crippen LogP contribution >= 0.6 is 11.6 Å². The largest absolute Gasteiger partial charge is 0.381 e. The second kappa shape index (κ2) is 6.16. The van der Waals surface area contributed by atoms with E-state index in [1.54, 1.807) is 12.3 Å². The zero-order valence-electron chi connectivity index (χ0n) is 10.4. The Labute approximate surface area is 112 Å². The van der Waals surface area contributed by atoms with Crippen LogP contribution in [0.2, 0.25) is 5.02 Å². The first kappa shape index (κ1) is 13.3. The third-order valence-electron chi connectivity index (χ3n) is 3.35. The van der Waals surface area contributed by atoms with E-state index in [2.05, 4.69) is 10.3 Å². The van der Waals surface area contributed by atoms with Crippen molar-refractivity contribution >= 4 is 17.5 Å². The van der Waals surface area contributed by atoms with Crippen LogP contribution in [0.3, 0.4) is 0 Å². The number of hydrogen-bond donors (Lipinski definition) is 1. The van der Waals surface area contributed by atoms with Crippen molar-refractivity contribution in [1.82, 2.24) is 10.3 Å². The number of carbonyl (C=O) groups is 1. The Kier molecular flexibility index (Phi) is 4.55. The normalized spacial score (nSPS) is 18.3. The molecule has 0 saturated carbocycles. The maximum atomic E-state index is 12.1. The minimum atomic E-state index is -0.138. The molecule has 0 bridgehead atoms. The molecule has 2 heterocycles. The second-order valence-electron chi connectivity index (χ2n) is 4.57. The first-order chi connectivity index (χ1) is 8.68. The molecule has 0 radical (unpaired) electrons. The zero-order valence-corrected chi connectivity index (χ0v) is 11.1. The Morgan fingerprint density at radius 3 is 2.94 bits per heavy atom. The van der Waals surface area contributed by atoms with Crippen LogP contribution in [0.4, 0.5) is 0 Å². The van der Waals surface area contributed by atoms with Gasteiger partial charge in [0.25, 0.3) is 5.91 Å². The van der Waals surface area contributed by atoms with E-state index < -0.39 is 0 Å². The molecule has 5 heteroatoms. The van der Waals surface area contributed by atoms with Crippen LogP contribution in [0.25, 0.3) is 0 Å². The van der Waals surface area contributed by atoms with Crippen molar-refractivity contribution in [3.05, 3.63) is 29.0 Å². The molecule has 98 valence electrons. The predicted octanol–water partition coefficient (Wildman–Crippen LogP) is 2.28. The number of hydrogen-bond acceptors (Lipinski definition) is 3. The van der Waals surface area contributed by atoms with E-state index in [0.717, 1.165) is 26.1 Å². The number of halogens is 1. The molecule has 1 amide bonds. The summed E-state index contributed by atoms with van der Waals surface area (Å²) in [5, 5.41) is 3.38. The number of nitrogens with zero attached hydrogens (tertiary/aromatic N) is 1. The highest BCUT2D eigenvalue weighted by Crippen LogP contribution is 2.19. The quantitative estimate of drug-likeness (QED) is 0.915. The maximum absolute atomic E-state index is 12.1. The van der Waals surface area contributed by atoms with Crippen molar-refractivity contribution in [1.29, 1.82) is 0 Å². The first-order valence-electron chi connectivity index (χ1n) is 6.16. The molecule has 2 rings (SSSR count). The number of amides is 1. The van der Waals surface area contributed by atoms with Crippen molar-refractivity contribution in [3.63, 3.8) is 0 Å². The lowest BCUT2D eigenvalue weighted by atomic mass is 9.93. The highest BCUT2D eigenvalue weighted by Gasteiger charge is 2.22. The Morgan fingerprint density at radius 1 is 1.56 bits per heavy atom. The van der Waals surface area contributed by atoms with Crippen LogP contribution in [0.5, 0.6) is 0 Å². The van der Waals surface area contributed by atoms with Gasteiger partial charge in [-0.15, -0.1) is 0 Å². The molecular formula is C13H17ClN2O2. The minimum Gasteiger partial charge on any atom is -0.381 e. The van der Waals surface area contributed by atoms with Gasteiger partial charge in [-0.1, -0.05) is 11.6 Å². The molecular weight excluding hydrogens is 252 g/mol. The number of ether oxygens (including phenoxy) is 1. The monoisotopic (exact) mass is 268 g/mol. The van der Waals surface area contributed by atoms with Crippen molar-refractivity contribution in [2.45, 2.75) is 25.8 Å². The lowest BCUT2D eigenvalue weighted by Crippen LogP contribution is -2.40. The molecule has 1 atom stereocenters. The van der Waals surface area contributed by atoms with Gasteiger partial charge < -0.3 is 10.1 Å². The lowest BCUT2D eigenvalue weighted by Gasteiger charge is -2.28. The third kappa shape index (κ3) is 3.21. The molecule has 0 aliphatic carbocycles. The third-order valence-corrected chi connectivity index (χ3v) is 3.65. The molecule has 1 N–H and O–H groups in total. The van der Waals surface area contributed by atoms with E-state index in [0.29, 0.717) is 16.5 Å². The molecule has 1 unspecified atom stereocenters. The van der Waals surface area contributed by atoms with Gasteiger partial charge in [-0.3, -0.25) is 9.78 Å². The number of rotatable bonds is 3. The summed E-state index contributed by atoms with van der Waals surface area (Å²) in [6.07, 6.45) is 5.03. The molecule has 1 saturated heterocycles. The van der Waals surface area contributed by atoms with Crippen molar-refractivity contribution < 1.29 is 9.53 Å². The summed E-state index contributed by atoms with van der Waals surface area (Å²) in [7, 11) is 0.